The molecule has 1 aromatic rings. The largest absolute Gasteiger partial charge is 0.444 e. The van der Waals surface area contributed by atoms with Crippen LogP contribution in [0.25, 0.3) is 0 Å². The number of anilines is 2. The van der Waals surface area contributed by atoms with Crippen LogP contribution in [0.1, 0.15) is 33.6 Å². The van der Waals surface area contributed by atoms with E-state index in [1.54, 1.807) is 4.90 Å². The van der Waals surface area contributed by atoms with Gasteiger partial charge in [0.05, 0.1) is 0 Å². The molecule has 0 aliphatic carbocycles. The number of piperazine rings is 1. The van der Waals surface area contributed by atoms with Gasteiger partial charge in [-0.15, -0.1) is 0 Å². The molecule has 9 nitrogen and oxygen atoms in total. The summed E-state index contributed by atoms with van der Waals surface area (Å²) in [7, 11) is 0. The lowest BCUT2D eigenvalue weighted by atomic mass is 10.2. The highest BCUT2D eigenvalue weighted by Crippen LogP contribution is 2.23. The van der Waals surface area contributed by atoms with Gasteiger partial charge in [-0.05, 0) is 58.0 Å². The average Bonchev–Trinajstić information content (AvgIpc) is 2.71. The van der Waals surface area contributed by atoms with Gasteiger partial charge >= 0.3 is 12.1 Å². The van der Waals surface area contributed by atoms with Crippen molar-refractivity contribution < 1.29 is 19.1 Å². The number of benzene rings is 1. The summed E-state index contributed by atoms with van der Waals surface area (Å²) in [5.41, 5.74) is 1.45. The maximum absolute atomic E-state index is 12.0. The van der Waals surface area contributed by atoms with E-state index in [4.69, 9.17) is 4.74 Å². The number of ether oxygens (including phenoxy) is 1. The number of urea groups is 1. The van der Waals surface area contributed by atoms with Crippen LogP contribution in [0.15, 0.2) is 24.3 Å². The molecular weight excluding hydrogens is 398 g/mol. The summed E-state index contributed by atoms with van der Waals surface area (Å²) in [6.07, 6.45) is 0.839. The third-order valence-corrected chi connectivity index (χ3v) is 5.27. The van der Waals surface area contributed by atoms with Crippen molar-refractivity contribution in [1.29, 1.82) is 0 Å². The topological polar surface area (TPSA) is 94.2 Å². The lowest BCUT2D eigenvalue weighted by molar-refractivity contribution is -0.120. The number of hydrogen-bond acceptors (Lipinski definition) is 6. The normalized spacial score (nSPS) is 18.0. The summed E-state index contributed by atoms with van der Waals surface area (Å²) < 4.78 is 5.24. The van der Waals surface area contributed by atoms with E-state index in [9.17, 15) is 14.4 Å². The van der Waals surface area contributed by atoms with Gasteiger partial charge in [0, 0.05) is 57.1 Å². The van der Waals surface area contributed by atoms with Crippen LogP contribution in [0.4, 0.5) is 21.0 Å². The van der Waals surface area contributed by atoms with Crippen LogP contribution in [-0.2, 0) is 9.53 Å². The number of amides is 4. The molecule has 9 heteroatoms. The Morgan fingerprint density at radius 1 is 1.03 bits per heavy atom. The van der Waals surface area contributed by atoms with Gasteiger partial charge in [-0.1, -0.05) is 0 Å². The van der Waals surface area contributed by atoms with Crippen molar-refractivity contribution in [2.24, 2.45) is 0 Å². The predicted octanol–water partition coefficient (Wildman–Crippen LogP) is 2.17. The van der Waals surface area contributed by atoms with Crippen LogP contribution in [0, 0.1) is 0 Å². The molecule has 0 spiro atoms. The van der Waals surface area contributed by atoms with Gasteiger partial charge in [0.25, 0.3) is 0 Å². The van der Waals surface area contributed by atoms with Crippen LogP contribution in [0.2, 0.25) is 0 Å². The number of hydrogen-bond donors (Lipinski definition) is 2. The Balaban J connectivity index is 1.38. The van der Waals surface area contributed by atoms with Crippen LogP contribution >= 0.6 is 0 Å². The van der Waals surface area contributed by atoms with Crippen molar-refractivity contribution in [2.75, 3.05) is 55.6 Å². The number of alkyl carbamates (subject to hydrolysis) is 1. The molecule has 0 aromatic heterocycles. The fourth-order valence-electron chi connectivity index (χ4n) is 3.69. The van der Waals surface area contributed by atoms with Crippen molar-refractivity contribution in [3.05, 3.63) is 24.3 Å². The first-order valence-corrected chi connectivity index (χ1v) is 10.9. The molecule has 2 fully saturated rings. The Morgan fingerprint density at radius 3 is 2.29 bits per heavy atom. The fraction of sp³-hybridized carbons (Fsp3) is 0.591. The third kappa shape index (κ3) is 6.85. The van der Waals surface area contributed by atoms with Gasteiger partial charge in [-0.2, -0.15) is 0 Å². The minimum Gasteiger partial charge on any atom is -0.444 e. The number of rotatable bonds is 6. The van der Waals surface area contributed by atoms with E-state index in [0.29, 0.717) is 19.5 Å². The minimum atomic E-state index is -0.474. The maximum atomic E-state index is 12.0. The molecular formula is C22H33N5O4. The first kappa shape index (κ1) is 22.9. The number of nitrogens with zero attached hydrogens (tertiary/aromatic N) is 3. The summed E-state index contributed by atoms with van der Waals surface area (Å²) in [6.45, 7) is 11.3. The number of carbonyl (C=O) groups excluding carboxylic acids is 3. The molecule has 2 aliphatic heterocycles. The summed E-state index contributed by atoms with van der Waals surface area (Å²) >= 11 is 0. The molecule has 2 heterocycles. The average molecular weight is 432 g/mol. The van der Waals surface area contributed by atoms with E-state index in [1.807, 2.05) is 45.0 Å². The van der Waals surface area contributed by atoms with Crippen molar-refractivity contribution in [3.63, 3.8) is 0 Å². The monoisotopic (exact) mass is 431 g/mol. The molecule has 2 N–H and O–H groups in total. The second-order valence-corrected chi connectivity index (χ2v) is 8.88. The summed E-state index contributed by atoms with van der Waals surface area (Å²) in [5, 5.41) is 5.15. The standard InChI is InChI=1S/C22H33N5O4/c1-22(2,3)31-21(30)23-10-4-11-25-13-15-26(16-14-25)17-5-7-18(8-6-17)27-12-9-19(28)24-20(27)29/h5-8H,4,9-16H2,1-3H3,(H,23,30)(H,24,28,29). The molecule has 1 aromatic carbocycles. The summed E-state index contributed by atoms with van der Waals surface area (Å²) in [6, 6.07) is 7.55. The van der Waals surface area contributed by atoms with E-state index in [-0.39, 0.29) is 18.0 Å². The van der Waals surface area contributed by atoms with Gasteiger partial charge in [0.1, 0.15) is 5.60 Å². The van der Waals surface area contributed by atoms with Crippen molar-refractivity contribution in [3.8, 4) is 0 Å². The predicted molar refractivity (Wildman–Crippen MR) is 119 cm³/mol. The molecule has 2 aliphatic rings. The molecule has 0 atom stereocenters. The van der Waals surface area contributed by atoms with Crippen LogP contribution < -0.4 is 20.4 Å². The lowest BCUT2D eigenvalue weighted by Gasteiger charge is -2.36. The second kappa shape index (κ2) is 10.00. The SMILES string of the molecule is CC(C)(C)OC(=O)NCCCN1CCN(c2ccc(N3CCC(=O)NC3=O)cc2)CC1. The highest BCUT2D eigenvalue weighted by molar-refractivity contribution is 6.05. The molecule has 0 bridgehead atoms. The van der Waals surface area contributed by atoms with E-state index in [0.717, 1.165) is 50.5 Å². The Bertz CT molecular complexity index is 782. The van der Waals surface area contributed by atoms with Crippen LogP contribution in [-0.4, -0.2) is 74.3 Å². The highest BCUT2D eigenvalue weighted by atomic mass is 16.6. The van der Waals surface area contributed by atoms with Crippen LogP contribution in [0.5, 0.6) is 0 Å². The van der Waals surface area contributed by atoms with E-state index in [1.165, 1.54) is 0 Å². The van der Waals surface area contributed by atoms with Gasteiger partial charge < -0.3 is 15.0 Å². The first-order valence-electron chi connectivity index (χ1n) is 10.9. The summed E-state index contributed by atoms with van der Waals surface area (Å²) in [5.74, 6) is -0.226. The Labute approximate surface area is 183 Å². The van der Waals surface area contributed by atoms with Gasteiger partial charge in [-0.3, -0.25) is 19.9 Å². The lowest BCUT2D eigenvalue weighted by Crippen LogP contribution is -2.49. The fourth-order valence-corrected chi connectivity index (χ4v) is 3.69. The zero-order chi connectivity index (χ0) is 22.4. The Morgan fingerprint density at radius 2 is 1.68 bits per heavy atom. The molecule has 0 radical (unpaired) electrons. The first-order chi connectivity index (χ1) is 14.7. The molecule has 0 unspecified atom stereocenters. The Hall–Kier alpha value is -2.81. The maximum Gasteiger partial charge on any atom is 0.407 e. The smallest absolute Gasteiger partial charge is 0.407 e. The molecule has 0 saturated carbocycles. The minimum absolute atomic E-state index is 0.226. The van der Waals surface area contributed by atoms with Gasteiger partial charge in [-0.25, -0.2) is 9.59 Å². The third-order valence-electron chi connectivity index (χ3n) is 5.27. The van der Waals surface area contributed by atoms with Crippen molar-refractivity contribution in [1.82, 2.24) is 15.5 Å². The number of nitrogens with one attached hydrogen (secondary N) is 2. The second-order valence-electron chi connectivity index (χ2n) is 8.88. The zero-order valence-corrected chi connectivity index (χ0v) is 18.6. The quantitative estimate of drug-likeness (QED) is 0.671. The molecule has 170 valence electrons. The summed E-state index contributed by atoms with van der Waals surface area (Å²) in [4.78, 5) is 41.3. The van der Waals surface area contributed by atoms with Crippen LogP contribution in [0.3, 0.4) is 0 Å². The molecule has 31 heavy (non-hydrogen) atoms. The molecule has 3 rings (SSSR count). The van der Waals surface area contributed by atoms with Crippen molar-refractivity contribution >= 4 is 29.4 Å². The number of carbonyl (C=O) groups is 3. The highest BCUT2D eigenvalue weighted by Gasteiger charge is 2.24. The van der Waals surface area contributed by atoms with E-state index in [2.05, 4.69) is 20.4 Å². The zero-order valence-electron chi connectivity index (χ0n) is 18.6. The van der Waals surface area contributed by atoms with E-state index < -0.39 is 5.60 Å². The van der Waals surface area contributed by atoms with E-state index >= 15 is 0 Å². The Kier molecular flexibility index (Phi) is 7.37. The van der Waals surface area contributed by atoms with Crippen molar-refractivity contribution in [2.45, 2.75) is 39.2 Å². The van der Waals surface area contributed by atoms with Gasteiger partial charge in [0.15, 0.2) is 0 Å². The molecule has 4 amide bonds. The molecule has 2 saturated heterocycles. The van der Waals surface area contributed by atoms with Gasteiger partial charge in [0.2, 0.25) is 5.91 Å². The number of imide groups is 1.